The van der Waals surface area contributed by atoms with E-state index in [0.717, 1.165) is 40.3 Å². The zero-order valence-corrected chi connectivity index (χ0v) is 16.0. The van der Waals surface area contributed by atoms with Crippen molar-refractivity contribution in [3.05, 3.63) is 59.8 Å². The van der Waals surface area contributed by atoms with Crippen LogP contribution in [0.2, 0.25) is 0 Å². The number of hydrogen-bond donors (Lipinski definition) is 1. The summed E-state index contributed by atoms with van der Waals surface area (Å²) in [6.45, 7) is 6.31. The Morgan fingerprint density at radius 2 is 1.89 bits per heavy atom. The Morgan fingerprint density at radius 3 is 2.56 bits per heavy atom. The quantitative estimate of drug-likeness (QED) is 0.586. The molecule has 0 aliphatic carbocycles. The fourth-order valence-electron chi connectivity index (χ4n) is 3.55. The number of benzene rings is 1. The van der Waals surface area contributed by atoms with E-state index in [4.69, 9.17) is 0 Å². The second-order valence-electron chi connectivity index (χ2n) is 6.66. The highest BCUT2D eigenvalue weighted by molar-refractivity contribution is 5.87. The maximum absolute atomic E-state index is 4.55. The summed E-state index contributed by atoms with van der Waals surface area (Å²) in [6, 6.07) is 10.1. The first-order valence-corrected chi connectivity index (χ1v) is 9.11. The molecule has 0 radical (unpaired) electrons. The van der Waals surface area contributed by atoms with Crippen molar-refractivity contribution < 1.29 is 0 Å². The molecule has 7 nitrogen and oxygen atoms in total. The molecule has 1 atom stereocenters. The fourth-order valence-corrected chi connectivity index (χ4v) is 3.55. The predicted molar refractivity (Wildman–Crippen MR) is 106 cm³/mol. The van der Waals surface area contributed by atoms with Crippen LogP contribution in [0.1, 0.15) is 36.3 Å². The number of hydrogen-bond acceptors (Lipinski definition) is 5. The first kappa shape index (κ1) is 17.2. The lowest BCUT2D eigenvalue weighted by molar-refractivity contribution is 0.715. The molecule has 4 rings (SSSR count). The van der Waals surface area contributed by atoms with Crippen LogP contribution in [0.25, 0.3) is 16.7 Å². The van der Waals surface area contributed by atoms with E-state index in [-0.39, 0.29) is 6.04 Å². The Bertz CT molecular complexity index is 1080. The molecule has 0 spiro atoms. The van der Waals surface area contributed by atoms with Crippen molar-refractivity contribution in [1.29, 1.82) is 0 Å². The lowest BCUT2D eigenvalue weighted by Crippen LogP contribution is -2.13. The van der Waals surface area contributed by atoms with E-state index in [1.807, 2.05) is 52.9 Å². The second kappa shape index (κ2) is 6.83. The smallest absolute Gasteiger partial charge is 0.168 e. The Balaban J connectivity index is 1.75. The number of anilines is 1. The minimum atomic E-state index is 0.122. The standard InChI is InChI=1S/C20H23N7/c1-5-17(18-13(2)25-26(4)14(18)3)24-19-16-11-23-27(20(16)22-12-21-19)15-9-7-6-8-10-15/h6-12,17H,5H2,1-4H3,(H,21,22,24). The van der Waals surface area contributed by atoms with Gasteiger partial charge in [0.25, 0.3) is 0 Å². The lowest BCUT2D eigenvalue weighted by atomic mass is 10.0. The van der Waals surface area contributed by atoms with Gasteiger partial charge in [-0.05, 0) is 32.4 Å². The van der Waals surface area contributed by atoms with Crippen LogP contribution in [0.5, 0.6) is 0 Å². The highest BCUT2D eigenvalue weighted by Gasteiger charge is 2.21. The molecule has 27 heavy (non-hydrogen) atoms. The monoisotopic (exact) mass is 361 g/mol. The van der Waals surface area contributed by atoms with Crippen molar-refractivity contribution in [2.45, 2.75) is 33.2 Å². The summed E-state index contributed by atoms with van der Waals surface area (Å²) in [5.41, 5.74) is 5.19. The average molecular weight is 361 g/mol. The highest BCUT2D eigenvalue weighted by atomic mass is 15.3. The van der Waals surface area contributed by atoms with Crippen LogP contribution in [0.15, 0.2) is 42.9 Å². The topological polar surface area (TPSA) is 73.5 Å². The summed E-state index contributed by atoms with van der Waals surface area (Å²) in [6.07, 6.45) is 4.33. The first-order valence-electron chi connectivity index (χ1n) is 9.11. The van der Waals surface area contributed by atoms with Crippen molar-refractivity contribution in [2.75, 3.05) is 5.32 Å². The predicted octanol–water partition coefficient (Wildman–Crippen LogP) is 3.73. The SMILES string of the molecule is CCC(Nc1ncnc2c1cnn2-c1ccccc1)c1c(C)nn(C)c1C. The lowest BCUT2D eigenvalue weighted by Gasteiger charge is -2.19. The first-order chi connectivity index (χ1) is 13.1. The van der Waals surface area contributed by atoms with Gasteiger partial charge in [-0.3, -0.25) is 4.68 Å². The van der Waals surface area contributed by atoms with Crippen molar-refractivity contribution in [1.82, 2.24) is 29.5 Å². The van der Waals surface area contributed by atoms with Gasteiger partial charge in [-0.1, -0.05) is 25.1 Å². The summed E-state index contributed by atoms with van der Waals surface area (Å²) >= 11 is 0. The molecule has 3 heterocycles. The van der Waals surface area contributed by atoms with E-state index in [2.05, 4.69) is 46.3 Å². The summed E-state index contributed by atoms with van der Waals surface area (Å²) in [5, 5.41) is 13.6. The molecule has 1 N–H and O–H groups in total. The summed E-state index contributed by atoms with van der Waals surface area (Å²) < 4.78 is 3.77. The summed E-state index contributed by atoms with van der Waals surface area (Å²) in [7, 11) is 1.98. The molecule has 0 fully saturated rings. The molecule has 4 aromatic rings. The number of para-hydroxylation sites is 1. The number of rotatable bonds is 5. The van der Waals surface area contributed by atoms with Gasteiger partial charge in [0, 0.05) is 18.3 Å². The Hall–Kier alpha value is -3.22. The average Bonchev–Trinajstić information content (AvgIpc) is 3.22. The number of aryl methyl sites for hydroxylation is 2. The highest BCUT2D eigenvalue weighted by Crippen LogP contribution is 2.30. The molecule has 1 unspecified atom stereocenters. The molecular formula is C20H23N7. The Kier molecular flexibility index (Phi) is 4.35. The van der Waals surface area contributed by atoms with Gasteiger partial charge < -0.3 is 5.32 Å². The normalized spacial score (nSPS) is 12.4. The Labute approximate surface area is 158 Å². The van der Waals surface area contributed by atoms with Crippen LogP contribution in [0.4, 0.5) is 5.82 Å². The molecule has 0 aliphatic heterocycles. The molecule has 0 aliphatic rings. The molecule has 1 aromatic carbocycles. The van der Waals surface area contributed by atoms with E-state index in [0.29, 0.717) is 0 Å². The molecule has 0 bridgehead atoms. The summed E-state index contributed by atoms with van der Waals surface area (Å²) in [4.78, 5) is 8.95. The van der Waals surface area contributed by atoms with Crippen LogP contribution in [-0.4, -0.2) is 29.5 Å². The van der Waals surface area contributed by atoms with Crippen LogP contribution in [0, 0.1) is 13.8 Å². The van der Waals surface area contributed by atoms with Crippen LogP contribution < -0.4 is 5.32 Å². The molecule has 7 heteroatoms. The van der Waals surface area contributed by atoms with Gasteiger partial charge in [0.2, 0.25) is 0 Å². The van der Waals surface area contributed by atoms with Gasteiger partial charge in [0.1, 0.15) is 12.1 Å². The summed E-state index contributed by atoms with van der Waals surface area (Å²) in [5.74, 6) is 0.789. The third-order valence-electron chi connectivity index (χ3n) is 5.00. The molecule has 0 saturated heterocycles. The zero-order chi connectivity index (χ0) is 19.0. The maximum atomic E-state index is 4.55. The number of aromatic nitrogens is 6. The second-order valence-corrected chi connectivity index (χ2v) is 6.66. The number of nitrogens with zero attached hydrogens (tertiary/aromatic N) is 6. The van der Waals surface area contributed by atoms with Gasteiger partial charge >= 0.3 is 0 Å². The van der Waals surface area contributed by atoms with Crippen LogP contribution in [-0.2, 0) is 7.05 Å². The molecule has 0 amide bonds. The fraction of sp³-hybridized carbons (Fsp3) is 0.300. The van der Waals surface area contributed by atoms with Gasteiger partial charge in [-0.2, -0.15) is 10.2 Å². The van der Waals surface area contributed by atoms with Gasteiger partial charge in [0.15, 0.2) is 5.65 Å². The van der Waals surface area contributed by atoms with E-state index in [1.54, 1.807) is 6.33 Å². The van der Waals surface area contributed by atoms with Crippen LogP contribution >= 0.6 is 0 Å². The largest absolute Gasteiger partial charge is 0.362 e. The molecular weight excluding hydrogens is 338 g/mol. The minimum absolute atomic E-state index is 0.122. The molecule has 0 saturated carbocycles. The molecule has 3 aromatic heterocycles. The van der Waals surface area contributed by atoms with E-state index < -0.39 is 0 Å². The van der Waals surface area contributed by atoms with E-state index >= 15 is 0 Å². The van der Waals surface area contributed by atoms with Gasteiger partial charge in [-0.25, -0.2) is 14.6 Å². The van der Waals surface area contributed by atoms with E-state index in [1.165, 1.54) is 5.56 Å². The third-order valence-corrected chi connectivity index (χ3v) is 5.00. The van der Waals surface area contributed by atoms with E-state index in [9.17, 15) is 0 Å². The number of fused-ring (bicyclic) bond motifs is 1. The third kappa shape index (κ3) is 2.95. The van der Waals surface area contributed by atoms with Crippen molar-refractivity contribution in [3.63, 3.8) is 0 Å². The molecule has 138 valence electrons. The Morgan fingerprint density at radius 1 is 1.11 bits per heavy atom. The van der Waals surface area contributed by atoms with Crippen molar-refractivity contribution in [3.8, 4) is 5.69 Å². The van der Waals surface area contributed by atoms with Gasteiger partial charge in [-0.15, -0.1) is 0 Å². The zero-order valence-electron chi connectivity index (χ0n) is 16.0. The minimum Gasteiger partial charge on any atom is -0.362 e. The van der Waals surface area contributed by atoms with Crippen LogP contribution in [0.3, 0.4) is 0 Å². The van der Waals surface area contributed by atoms with Gasteiger partial charge in [0.05, 0.1) is 29.0 Å². The maximum Gasteiger partial charge on any atom is 0.168 e. The van der Waals surface area contributed by atoms with Crippen molar-refractivity contribution in [2.24, 2.45) is 7.05 Å². The number of nitrogens with one attached hydrogen (secondary N) is 1. The van der Waals surface area contributed by atoms with Crippen molar-refractivity contribution >= 4 is 16.9 Å².